The minimum atomic E-state index is -1.92. The molecule has 0 aliphatic carbocycles. The summed E-state index contributed by atoms with van der Waals surface area (Å²) in [6.07, 6.45) is 4.61. The standard InChI is InChI=1S/C37H64O4Si2/c1-14-37(38,15-2)23-17-18-29(3)31-20-16-19-30(24-31)26-39-34-22-21-32(27-40-42(10,11)35(4,5)6)33(25-34)28-41-43(12,13)36(7,8)9/h16,19-22,24-25,29,38H,14-15,17-18,23,26-28H2,1-13H3. The van der Waals surface area contributed by atoms with Crippen LogP contribution in [0.25, 0.3) is 0 Å². The summed E-state index contributed by atoms with van der Waals surface area (Å²) in [7, 11) is -3.80. The molecule has 0 aliphatic rings. The average molecular weight is 629 g/mol. The summed E-state index contributed by atoms with van der Waals surface area (Å²) < 4.78 is 19.7. The van der Waals surface area contributed by atoms with E-state index in [1.807, 2.05) is 0 Å². The summed E-state index contributed by atoms with van der Waals surface area (Å²) in [5.41, 5.74) is 4.33. The Hall–Kier alpha value is -1.45. The second-order valence-electron chi connectivity index (χ2n) is 15.8. The van der Waals surface area contributed by atoms with Crippen LogP contribution in [0, 0.1) is 0 Å². The van der Waals surface area contributed by atoms with Crippen LogP contribution in [0.5, 0.6) is 5.75 Å². The van der Waals surface area contributed by atoms with Crippen LogP contribution in [0.2, 0.25) is 36.3 Å². The molecule has 0 aliphatic heterocycles. The van der Waals surface area contributed by atoms with Gasteiger partial charge in [-0.25, -0.2) is 0 Å². The van der Waals surface area contributed by atoms with Gasteiger partial charge in [0, 0.05) is 0 Å². The SMILES string of the molecule is CCC(O)(CC)CCCC(C)c1cccc(COc2ccc(CO[Si](C)(C)C(C)(C)C)c(CO[Si](C)(C)C(C)(C)C)c2)c1. The highest BCUT2D eigenvalue weighted by atomic mass is 28.4. The maximum Gasteiger partial charge on any atom is 0.192 e. The predicted octanol–water partition coefficient (Wildman–Crippen LogP) is 11.1. The molecule has 2 rings (SSSR count). The summed E-state index contributed by atoms with van der Waals surface area (Å²) in [5, 5.41) is 11.0. The fraction of sp³-hybridized carbons (Fsp3) is 0.676. The molecule has 0 heterocycles. The largest absolute Gasteiger partial charge is 0.489 e. The fourth-order valence-corrected chi connectivity index (χ4v) is 6.48. The Balaban J connectivity index is 2.17. The quantitative estimate of drug-likeness (QED) is 0.188. The van der Waals surface area contributed by atoms with Gasteiger partial charge in [0.1, 0.15) is 12.4 Å². The van der Waals surface area contributed by atoms with Crippen LogP contribution in [-0.2, 0) is 28.7 Å². The van der Waals surface area contributed by atoms with Gasteiger partial charge in [0.25, 0.3) is 0 Å². The maximum atomic E-state index is 10.6. The predicted molar refractivity (Wildman–Crippen MR) is 189 cm³/mol. The van der Waals surface area contributed by atoms with Crippen molar-refractivity contribution in [2.45, 2.75) is 162 Å². The topological polar surface area (TPSA) is 47.9 Å². The molecular formula is C37H64O4Si2. The molecule has 0 bridgehead atoms. The molecule has 2 aromatic carbocycles. The Labute approximate surface area is 267 Å². The smallest absolute Gasteiger partial charge is 0.192 e. The first kappa shape index (κ1) is 37.7. The molecule has 244 valence electrons. The number of aliphatic hydroxyl groups is 1. The van der Waals surface area contributed by atoms with Crippen LogP contribution in [0.1, 0.15) is 123 Å². The van der Waals surface area contributed by atoms with E-state index in [4.69, 9.17) is 13.6 Å². The molecule has 4 nitrogen and oxygen atoms in total. The molecule has 1 N–H and O–H groups in total. The van der Waals surface area contributed by atoms with Gasteiger partial charge >= 0.3 is 0 Å². The third-order valence-corrected chi connectivity index (χ3v) is 19.4. The highest BCUT2D eigenvalue weighted by Gasteiger charge is 2.38. The highest BCUT2D eigenvalue weighted by Crippen LogP contribution is 2.39. The zero-order chi connectivity index (χ0) is 32.7. The molecule has 0 aromatic heterocycles. The van der Waals surface area contributed by atoms with Crippen molar-refractivity contribution in [1.29, 1.82) is 0 Å². The van der Waals surface area contributed by atoms with Crippen molar-refractivity contribution in [2.75, 3.05) is 0 Å². The van der Waals surface area contributed by atoms with Crippen LogP contribution in [0.15, 0.2) is 42.5 Å². The lowest BCUT2D eigenvalue weighted by atomic mass is 9.87. The van der Waals surface area contributed by atoms with Crippen LogP contribution >= 0.6 is 0 Å². The first-order valence-electron chi connectivity index (χ1n) is 16.6. The molecule has 0 spiro atoms. The fourth-order valence-electron chi connectivity index (χ4n) is 4.58. The van der Waals surface area contributed by atoms with Crippen molar-refractivity contribution in [3.63, 3.8) is 0 Å². The zero-order valence-corrected chi connectivity index (χ0v) is 31.9. The Kier molecular flexibility index (Phi) is 13.4. The molecule has 1 unspecified atom stereocenters. The molecule has 2 aromatic rings. The summed E-state index contributed by atoms with van der Waals surface area (Å²) >= 11 is 0. The minimum Gasteiger partial charge on any atom is -0.489 e. The van der Waals surface area contributed by atoms with Gasteiger partial charge in [-0.3, -0.25) is 0 Å². The normalized spacial score (nSPS) is 14.2. The molecule has 0 radical (unpaired) electrons. The van der Waals surface area contributed by atoms with Crippen molar-refractivity contribution in [2.24, 2.45) is 0 Å². The second-order valence-corrected chi connectivity index (χ2v) is 25.4. The molecule has 0 amide bonds. The number of hydrogen-bond donors (Lipinski definition) is 1. The van der Waals surface area contributed by atoms with E-state index in [9.17, 15) is 5.11 Å². The first-order chi connectivity index (χ1) is 19.7. The van der Waals surface area contributed by atoms with Crippen molar-refractivity contribution in [3.8, 4) is 5.75 Å². The van der Waals surface area contributed by atoms with Gasteiger partial charge in [-0.15, -0.1) is 0 Å². The van der Waals surface area contributed by atoms with E-state index in [0.29, 0.717) is 25.7 Å². The van der Waals surface area contributed by atoms with Gasteiger partial charge < -0.3 is 18.7 Å². The first-order valence-corrected chi connectivity index (χ1v) is 22.4. The van der Waals surface area contributed by atoms with E-state index in [1.165, 1.54) is 16.7 Å². The lowest BCUT2D eigenvalue weighted by Gasteiger charge is -2.37. The monoisotopic (exact) mass is 628 g/mol. The molecule has 43 heavy (non-hydrogen) atoms. The number of rotatable bonds is 16. The summed E-state index contributed by atoms with van der Waals surface area (Å²) in [4.78, 5) is 0. The van der Waals surface area contributed by atoms with E-state index < -0.39 is 22.2 Å². The third kappa shape index (κ3) is 11.1. The Morgan fingerprint density at radius 2 is 1.30 bits per heavy atom. The van der Waals surface area contributed by atoms with Crippen LogP contribution < -0.4 is 4.74 Å². The molecule has 1 atom stereocenters. The lowest BCUT2D eigenvalue weighted by molar-refractivity contribution is 0.0209. The Morgan fingerprint density at radius 3 is 1.84 bits per heavy atom. The summed E-state index contributed by atoms with van der Waals surface area (Å²) in [6.45, 7) is 31.1. The number of ether oxygens (including phenoxy) is 1. The van der Waals surface area contributed by atoms with Crippen LogP contribution in [0.4, 0.5) is 0 Å². The van der Waals surface area contributed by atoms with Crippen molar-refractivity contribution in [3.05, 3.63) is 64.7 Å². The van der Waals surface area contributed by atoms with Gasteiger partial charge in [0.15, 0.2) is 16.6 Å². The van der Waals surface area contributed by atoms with E-state index >= 15 is 0 Å². The Bertz CT molecular complexity index is 1140. The van der Waals surface area contributed by atoms with Crippen molar-refractivity contribution >= 4 is 16.6 Å². The Morgan fingerprint density at radius 1 is 0.744 bits per heavy atom. The highest BCUT2D eigenvalue weighted by molar-refractivity contribution is 6.74. The van der Waals surface area contributed by atoms with Gasteiger partial charge in [-0.1, -0.05) is 92.6 Å². The molecule has 0 saturated heterocycles. The van der Waals surface area contributed by atoms with Gasteiger partial charge in [0.2, 0.25) is 0 Å². The molecular weight excluding hydrogens is 565 g/mol. The maximum absolute atomic E-state index is 10.6. The zero-order valence-electron chi connectivity index (χ0n) is 29.9. The van der Waals surface area contributed by atoms with E-state index in [-0.39, 0.29) is 10.1 Å². The van der Waals surface area contributed by atoms with Crippen LogP contribution in [-0.4, -0.2) is 27.3 Å². The lowest BCUT2D eigenvalue weighted by Crippen LogP contribution is -2.41. The van der Waals surface area contributed by atoms with E-state index in [2.05, 4.69) is 131 Å². The van der Waals surface area contributed by atoms with Gasteiger partial charge in [-0.2, -0.15) is 0 Å². The summed E-state index contributed by atoms with van der Waals surface area (Å²) in [6, 6.07) is 15.2. The van der Waals surface area contributed by atoms with Crippen molar-refractivity contribution < 1.29 is 18.7 Å². The minimum absolute atomic E-state index is 0.147. The van der Waals surface area contributed by atoms with Crippen LogP contribution in [0.3, 0.4) is 0 Å². The average Bonchev–Trinajstić information content (AvgIpc) is 2.93. The molecule has 0 saturated carbocycles. The summed E-state index contributed by atoms with van der Waals surface area (Å²) in [5.74, 6) is 1.30. The second kappa shape index (κ2) is 15.2. The number of hydrogen-bond acceptors (Lipinski definition) is 4. The molecule has 6 heteroatoms. The van der Waals surface area contributed by atoms with Gasteiger partial charge in [0.05, 0.1) is 18.8 Å². The van der Waals surface area contributed by atoms with E-state index in [1.54, 1.807) is 0 Å². The number of benzene rings is 2. The van der Waals surface area contributed by atoms with Crippen molar-refractivity contribution in [1.82, 2.24) is 0 Å². The molecule has 0 fully saturated rings. The third-order valence-electron chi connectivity index (χ3n) is 10.5. The van der Waals surface area contributed by atoms with Gasteiger partial charge in [-0.05, 0) is 109 Å². The van der Waals surface area contributed by atoms with E-state index in [0.717, 1.165) is 43.4 Å².